The summed E-state index contributed by atoms with van der Waals surface area (Å²) in [5.74, 6) is 1.02. The van der Waals surface area contributed by atoms with Gasteiger partial charge in [0, 0.05) is 17.8 Å². The van der Waals surface area contributed by atoms with Crippen molar-refractivity contribution in [1.82, 2.24) is 10.3 Å². The number of rotatable bonds is 7. The van der Waals surface area contributed by atoms with Gasteiger partial charge in [-0.25, -0.2) is 9.78 Å². The first-order chi connectivity index (χ1) is 11.5. The van der Waals surface area contributed by atoms with Crippen LogP contribution in [0.1, 0.15) is 26.7 Å². The zero-order chi connectivity index (χ0) is 17.5. The van der Waals surface area contributed by atoms with Gasteiger partial charge >= 0.3 is 6.03 Å². The molecular weight excluding hydrogens is 328 g/mol. The van der Waals surface area contributed by atoms with Gasteiger partial charge in [-0.05, 0) is 25.0 Å². The summed E-state index contributed by atoms with van der Waals surface area (Å²) in [6, 6.07) is 5.08. The number of methoxy groups -OCH3 is 1. The van der Waals surface area contributed by atoms with Gasteiger partial charge in [-0.15, -0.1) is 0 Å². The van der Waals surface area contributed by atoms with Crippen LogP contribution in [-0.4, -0.2) is 24.2 Å². The van der Waals surface area contributed by atoms with E-state index in [-0.39, 0.29) is 12.1 Å². The third-order valence-electron chi connectivity index (χ3n) is 3.46. The Morgan fingerprint density at radius 1 is 1.33 bits per heavy atom. The first-order valence-electron chi connectivity index (χ1n) is 7.70. The van der Waals surface area contributed by atoms with Crippen LogP contribution >= 0.6 is 11.3 Å². The van der Waals surface area contributed by atoms with E-state index in [4.69, 9.17) is 15.2 Å². The number of carbonyl (C=O) groups excluding carboxylic acids is 1. The third kappa shape index (κ3) is 4.76. The smallest absolute Gasteiger partial charge is 0.319 e. The average Bonchev–Trinajstić information content (AvgIpc) is 2.98. The Hall–Kier alpha value is -2.48. The van der Waals surface area contributed by atoms with Crippen molar-refractivity contribution >= 4 is 28.2 Å². The van der Waals surface area contributed by atoms with Crippen LogP contribution in [0.25, 0.3) is 0 Å². The Morgan fingerprint density at radius 2 is 2.08 bits per heavy atom. The second-order valence-corrected chi connectivity index (χ2v) is 6.12. The highest BCUT2D eigenvalue weighted by Gasteiger charge is 2.12. The minimum Gasteiger partial charge on any atom is -0.493 e. The molecule has 0 radical (unpaired) electrons. The summed E-state index contributed by atoms with van der Waals surface area (Å²) in [6.45, 7) is 4.07. The first kappa shape index (κ1) is 17.9. The largest absolute Gasteiger partial charge is 0.493 e. The van der Waals surface area contributed by atoms with E-state index in [1.807, 2.05) is 13.8 Å². The number of carbonyl (C=O) groups is 1. The lowest BCUT2D eigenvalue weighted by molar-refractivity contribution is 0.247. The minimum absolute atomic E-state index is 0.152. The molecule has 0 bridgehead atoms. The van der Waals surface area contributed by atoms with Gasteiger partial charge in [0.2, 0.25) is 5.06 Å². The summed E-state index contributed by atoms with van der Waals surface area (Å²) in [4.78, 5) is 16.0. The van der Waals surface area contributed by atoms with Crippen LogP contribution in [0.5, 0.6) is 16.6 Å². The van der Waals surface area contributed by atoms with Crippen molar-refractivity contribution in [2.24, 2.45) is 0 Å². The molecule has 0 saturated heterocycles. The molecule has 2 rings (SSSR count). The molecule has 1 aromatic heterocycles. The molecule has 8 heteroatoms. The Morgan fingerprint density at radius 3 is 2.67 bits per heavy atom. The van der Waals surface area contributed by atoms with Crippen LogP contribution in [0, 0.1) is 0 Å². The van der Waals surface area contributed by atoms with E-state index >= 15 is 0 Å². The number of nitrogen functional groups attached to an aromatic ring is 1. The van der Waals surface area contributed by atoms with Crippen molar-refractivity contribution in [3.8, 4) is 16.6 Å². The molecule has 0 fully saturated rings. The quantitative estimate of drug-likeness (QED) is 0.705. The topological polar surface area (TPSA) is 98.5 Å². The molecule has 0 saturated carbocycles. The molecule has 2 aromatic rings. The molecule has 1 heterocycles. The number of anilines is 2. The van der Waals surface area contributed by atoms with Gasteiger partial charge < -0.3 is 25.8 Å². The van der Waals surface area contributed by atoms with E-state index < -0.39 is 0 Å². The SMILES string of the molecule is CCC(CC)NC(=O)Nc1ccc(OC)c(Oc2cnc(N)s2)c1. The molecule has 0 aliphatic carbocycles. The van der Waals surface area contributed by atoms with Gasteiger partial charge in [0.05, 0.1) is 13.3 Å². The summed E-state index contributed by atoms with van der Waals surface area (Å²) >= 11 is 1.23. The number of thiazole rings is 1. The number of nitrogens with zero attached hydrogens (tertiary/aromatic N) is 1. The lowest BCUT2D eigenvalue weighted by Gasteiger charge is -2.16. The summed E-state index contributed by atoms with van der Waals surface area (Å²) in [7, 11) is 1.55. The minimum atomic E-state index is -0.248. The maximum Gasteiger partial charge on any atom is 0.319 e. The molecule has 4 N–H and O–H groups in total. The van der Waals surface area contributed by atoms with E-state index in [2.05, 4.69) is 15.6 Å². The highest BCUT2D eigenvalue weighted by Crippen LogP contribution is 2.36. The molecule has 0 aliphatic heterocycles. The Balaban J connectivity index is 2.11. The van der Waals surface area contributed by atoms with E-state index in [0.717, 1.165) is 12.8 Å². The normalized spacial score (nSPS) is 10.5. The highest BCUT2D eigenvalue weighted by atomic mass is 32.1. The maximum atomic E-state index is 12.0. The number of nitrogens with two attached hydrogens (primary N) is 1. The molecular formula is C16H22N4O3S. The lowest BCUT2D eigenvalue weighted by atomic mass is 10.2. The Labute approximate surface area is 145 Å². The molecule has 0 spiro atoms. The van der Waals surface area contributed by atoms with Crippen molar-refractivity contribution in [2.45, 2.75) is 32.7 Å². The summed E-state index contributed by atoms with van der Waals surface area (Å²) < 4.78 is 11.0. The van der Waals surface area contributed by atoms with Crippen LogP contribution in [0.15, 0.2) is 24.4 Å². The molecule has 24 heavy (non-hydrogen) atoms. The highest BCUT2D eigenvalue weighted by molar-refractivity contribution is 7.17. The van der Waals surface area contributed by atoms with Gasteiger partial charge in [0.15, 0.2) is 16.6 Å². The number of nitrogens with one attached hydrogen (secondary N) is 2. The Bertz CT molecular complexity index is 686. The van der Waals surface area contributed by atoms with Crippen LogP contribution in [-0.2, 0) is 0 Å². The monoisotopic (exact) mass is 350 g/mol. The number of aromatic nitrogens is 1. The number of amides is 2. The molecule has 1 aromatic carbocycles. The molecule has 0 atom stereocenters. The number of ether oxygens (including phenoxy) is 2. The van der Waals surface area contributed by atoms with Gasteiger partial charge in [0.25, 0.3) is 0 Å². The van der Waals surface area contributed by atoms with E-state index in [9.17, 15) is 4.79 Å². The number of urea groups is 1. The van der Waals surface area contributed by atoms with Crippen molar-refractivity contribution in [2.75, 3.05) is 18.2 Å². The lowest BCUT2D eigenvalue weighted by Crippen LogP contribution is -2.37. The Kier molecular flexibility index (Phi) is 6.25. The van der Waals surface area contributed by atoms with Gasteiger partial charge in [-0.1, -0.05) is 25.2 Å². The zero-order valence-electron chi connectivity index (χ0n) is 14.0. The maximum absolute atomic E-state index is 12.0. The van der Waals surface area contributed by atoms with Crippen molar-refractivity contribution in [3.05, 3.63) is 24.4 Å². The summed E-state index contributed by atoms with van der Waals surface area (Å²) in [6.07, 6.45) is 3.31. The predicted octanol–water partition coefficient (Wildman–Crippen LogP) is 3.84. The predicted molar refractivity (Wildman–Crippen MR) is 96.1 cm³/mol. The fraction of sp³-hybridized carbons (Fsp3) is 0.375. The molecule has 130 valence electrons. The van der Waals surface area contributed by atoms with Crippen LogP contribution in [0.4, 0.5) is 15.6 Å². The molecule has 0 unspecified atom stereocenters. The van der Waals surface area contributed by atoms with Crippen molar-refractivity contribution in [3.63, 3.8) is 0 Å². The van der Waals surface area contributed by atoms with E-state index in [1.165, 1.54) is 11.3 Å². The van der Waals surface area contributed by atoms with Crippen LogP contribution in [0.2, 0.25) is 0 Å². The first-order valence-corrected chi connectivity index (χ1v) is 8.52. The third-order valence-corrected chi connectivity index (χ3v) is 4.16. The number of hydrogen-bond donors (Lipinski definition) is 3. The van der Waals surface area contributed by atoms with Crippen molar-refractivity contribution in [1.29, 1.82) is 0 Å². The van der Waals surface area contributed by atoms with E-state index in [0.29, 0.717) is 27.4 Å². The van der Waals surface area contributed by atoms with Gasteiger partial charge in [-0.3, -0.25) is 0 Å². The zero-order valence-corrected chi connectivity index (χ0v) is 14.8. The van der Waals surface area contributed by atoms with Crippen LogP contribution in [0.3, 0.4) is 0 Å². The van der Waals surface area contributed by atoms with Gasteiger partial charge in [0.1, 0.15) is 0 Å². The fourth-order valence-electron chi connectivity index (χ4n) is 2.11. The summed E-state index contributed by atoms with van der Waals surface area (Å²) in [5, 5.41) is 6.69. The number of hydrogen-bond acceptors (Lipinski definition) is 6. The standard InChI is InChI=1S/C16H22N4O3S/c1-4-10(5-2)19-16(21)20-11-6-7-12(22-3)13(8-11)23-14-9-18-15(17)24-14/h6-10H,4-5H2,1-3H3,(H2,17,18)(H2,19,20,21). The molecule has 0 aliphatic rings. The molecule has 7 nitrogen and oxygen atoms in total. The average molecular weight is 350 g/mol. The second kappa shape index (κ2) is 8.39. The fourth-order valence-corrected chi connectivity index (χ4v) is 2.66. The second-order valence-electron chi connectivity index (χ2n) is 5.10. The van der Waals surface area contributed by atoms with E-state index in [1.54, 1.807) is 31.5 Å². The van der Waals surface area contributed by atoms with Gasteiger partial charge in [-0.2, -0.15) is 0 Å². The summed E-state index contributed by atoms with van der Waals surface area (Å²) in [5.41, 5.74) is 6.21. The van der Waals surface area contributed by atoms with Crippen molar-refractivity contribution < 1.29 is 14.3 Å². The molecule has 2 amide bonds. The number of benzene rings is 1. The van der Waals surface area contributed by atoms with Crippen LogP contribution < -0.4 is 25.8 Å².